The zero-order chi connectivity index (χ0) is 15.5. The highest BCUT2D eigenvalue weighted by atomic mass is 19.4. The van der Waals surface area contributed by atoms with Crippen molar-refractivity contribution < 1.29 is 13.2 Å². The molecule has 110 valence electrons. The number of nitrogens with one attached hydrogen (secondary N) is 2. The van der Waals surface area contributed by atoms with Gasteiger partial charge in [0.25, 0.3) is 0 Å². The van der Waals surface area contributed by atoms with Gasteiger partial charge in [-0.25, -0.2) is 0 Å². The number of hydrogen-bond acceptors (Lipinski definition) is 2. The first kappa shape index (κ1) is 15.0. The predicted molar refractivity (Wildman–Crippen MR) is 80.8 cm³/mol. The fraction of sp³-hybridized carbons (Fsp3) is 0.125. The second-order valence-electron chi connectivity index (χ2n) is 4.46. The summed E-state index contributed by atoms with van der Waals surface area (Å²) < 4.78 is 38.1. The molecule has 0 saturated heterocycles. The van der Waals surface area contributed by atoms with Crippen LogP contribution >= 0.6 is 0 Å². The van der Waals surface area contributed by atoms with Crippen molar-refractivity contribution in [1.29, 1.82) is 0 Å². The fourth-order valence-electron chi connectivity index (χ4n) is 1.93. The Labute approximate surface area is 121 Å². The van der Waals surface area contributed by atoms with E-state index < -0.39 is 11.7 Å². The second kappa shape index (κ2) is 5.91. The van der Waals surface area contributed by atoms with Crippen molar-refractivity contribution in [3.05, 3.63) is 60.2 Å². The Hall–Kier alpha value is -2.43. The maximum atomic E-state index is 12.7. The number of alkyl halides is 3. The average Bonchev–Trinajstić information content (AvgIpc) is 2.47. The Morgan fingerprint density at radius 3 is 2.43 bits per heavy atom. The molecule has 0 heterocycles. The largest absolute Gasteiger partial charge is 0.416 e. The van der Waals surface area contributed by atoms with Gasteiger partial charge >= 0.3 is 6.18 Å². The van der Waals surface area contributed by atoms with Crippen molar-refractivity contribution in [2.24, 2.45) is 0 Å². The van der Waals surface area contributed by atoms with E-state index >= 15 is 0 Å². The van der Waals surface area contributed by atoms with Crippen LogP contribution in [0.4, 0.5) is 30.2 Å². The smallest absolute Gasteiger partial charge is 0.388 e. The molecule has 21 heavy (non-hydrogen) atoms. The maximum absolute atomic E-state index is 12.7. The average molecular weight is 292 g/mol. The first-order valence-corrected chi connectivity index (χ1v) is 6.32. The molecule has 2 aromatic carbocycles. The van der Waals surface area contributed by atoms with Crippen molar-refractivity contribution in [2.45, 2.75) is 6.18 Å². The van der Waals surface area contributed by atoms with Crippen molar-refractivity contribution in [3.8, 4) is 0 Å². The Bertz CT molecular complexity index is 648. The second-order valence-corrected chi connectivity index (χ2v) is 4.46. The first-order chi connectivity index (χ1) is 9.94. The molecule has 2 aromatic rings. The van der Waals surface area contributed by atoms with Crippen LogP contribution in [0, 0.1) is 0 Å². The van der Waals surface area contributed by atoms with Crippen molar-refractivity contribution in [2.75, 3.05) is 17.7 Å². The molecule has 0 amide bonds. The summed E-state index contributed by atoms with van der Waals surface area (Å²) in [7, 11) is 1.79. The summed E-state index contributed by atoms with van der Waals surface area (Å²) in [6, 6.07) is 10.6. The molecular formula is C16H15F3N2. The third-order valence-electron chi connectivity index (χ3n) is 3.03. The quantitative estimate of drug-likeness (QED) is 0.816. The van der Waals surface area contributed by atoms with Crippen LogP contribution in [0.2, 0.25) is 0 Å². The van der Waals surface area contributed by atoms with E-state index in [4.69, 9.17) is 0 Å². The lowest BCUT2D eigenvalue weighted by molar-refractivity contribution is -0.137. The van der Waals surface area contributed by atoms with Gasteiger partial charge in [-0.05, 0) is 42.0 Å². The Morgan fingerprint density at radius 2 is 1.81 bits per heavy atom. The molecule has 5 heteroatoms. The molecular weight excluding hydrogens is 277 g/mol. The molecule has 0 fully saturated rings. The summed E-state index contributed by atoms with van der Waals surface area (Å²) in [5, 5.41) is 5.99. The highest BCUT2D eigenvalue weighted by Crippen LogP contribution is 2.32. The van der Waals surface area contributed by atoms with Gasteiger partial charge in [0.1, 0.15) is 0 Å². The molecule has 0 atom stereocenters. The number of anilines is 3. The zero-order valence-corrected chi connectivity index (χ0v) is 11.5. The van der Waals surface area contributed by atoms with Gasteiger partial charge in [-0.15, -0.1) is 0 Å². The Balaban J connectivity index is 2.32. The minimum Gasteiger partial charge on any atom is -0.388 e. The summed E-state index contributed by atoms with van der Waals surface area (Å²) >= 11 is 0. The summed E-state index contributed by atoms with van der Waals surface area (Å²) in [6.07, 6.45) is -2.70. The zero-order valence-electron chi connectivity index (χ0n) is 11.5. The minimum atomic E-state index is -4.35. The number of hydrogen-bond donors (Lipinski definition) is 2. The van der Waals surface area contributed by atoms with Gasteiger partial charge < -0.3 is 10.6 Å². The lowest BCUT2D eigenvalue weighted by Gasteiger charge is -2.13. The van der Waals surface area contributed by atoms with Crippen LogP contribution in [-0.2, 0) is 6.18 Å². The number of benzene rings is 2. The summed E-state index contributed by atoms with van der Waals surface area (Å²) in [5.41, 5.74) is 2.10. The van der Waals surface area contributed by atoms with Gasteiger partial charge in [-0.2, -0.15) is 13.2 Å². The lowest BCUT2D eigenvalue weighted by atomic mass is 10.1. The van der Waals surface area contributed by atoms with Crippen molar-refractivity contribution in [3.63, 3.8) is 0 Å². The maximum Gasteiger partial charge on any atom is 0.416 e. The molecule has 2 rings (SSSR count). The summed E-state index contributed by atoms with van der Waals surface area (Å²) in [4.78, 5) is 0. The topological polar surface area (TPSA) is 24.1 Å². The SMILES string of the molecule is C=Cc1cc(NC)ccc1Nc1cccc(C(F)(F)F)c1. The van der Waals surface area contributed by atoms with Crippen LogP contribution in [-0.4, -0.2) is 7.05 Å². The van der Waals surface area contributed by atoms with Crippen LogP contribution in [0.25, 0.3) is 6.08 Å². The lowest BCUT2D eigenvalue weighted by Crippen LogP contribution is -2.05. The molecule has 0 aromatic heterocycles. The number of halogens is 3. The van der Waals surface area contributed by atoms with E-state index in [0.29, 0.717) is 11.4 Å². The van der Waals surface area contributed by atoms with Crippen LogP contribution in [0.5, 0.6) is 0 Å². The van der Waals surface area contributed by atoms with E-state index in [0.717, 1.165) is 23.4 Å². The minimum absolute atomic E-state index is 0.380. The third kappa shape index (κ3) is 3.56. The van der Waals surface area contributed by atoms with Gasteiger partial charge in [0.2, 0.25) is 0 Å². The van der Waals surface area contributed by atoms with E-state index in [9.17, 15) is 13.2 Å². The van der Waals surface area contributed by atoms with E-state index in [1.807, 2.05) is 12.1 Å². The molecule has 0 aliphatic rings. The molecule has 2 nitrogen and oxygen atoms in total. The van der Waals surface area contributed by atoms with Crippen LogP contribution in [0.15, 0.2) is 49.0 Å². The van der Waals surface area contributed by atoms with Gasteiger partial charge in [0.05, 0.1) is 5.56 Å². The first-order valence-electron chi connectivity index (χ1n) is 6.32. The molecule has 0 unspecified atom stereocenters. The van der Waals surface area contributed by atoms with Crippen LogP contribution in [0.3, 0.4) is 0 Å². The third-order valence-corrected chi connectivity index (χ3v) is 3.03. The fourth-order valence-corrected chi connectivity index (χ4v) is 1.93. The van der Waals surface area contributed by atoms with Gasteiger partial charge in [0, 0.05) is 24.1 Å². The molecule has 0 spiro atoms. The van der Waals surface area contributed by atoms with Gasteiger partial charge in [0.15, 0.2) is 0 Å². The van der Waals surface area contributed by atoms with Crippen LogP contribution < -0.4 is 10.6 Å². The van der Waals surface area contributed by atoms with Crippen LogP contribution in [0.1, 0.15) is 11.1 Å². The van der Waals surface area contributed by atoms with E-state index in [1.165, 1.54) is 6.07 Å². The van der Waals surface area contributed by atoms with Gasteiger partial charge in [-0.1, -0.05) is 18.7 Å². The molecule has 0 radical (unpaired) electrons. The standard InChI is InChI=1S/C16H15F3N2/c1-3-11-9-13(20-2)7-8-15(11)21-14-6-4-5-12(10-14)16(17,18)19/h3-10,20-21H,1H2,2H3. The number of rotatable bonds is 4. The normalized spacial score (nSPS) is 11.0. The van der Waals surface area contributed by atoms with Gasteiger partial charge in [-0.3, -0.25) is 0 Å². The summed E-state index contributed by atoms with van der Waals surface area (Å²) in [5.74, 6) is 0. The molecule has 0 aliphatic carbocycles. The molecule has 0 aliphatic heterocycles. The van der Waals surface area contributed by atoms with E-state index in [1.54, 1.807) is 25.3 Å². The molecule has 2 N–H and O–H groups in total. The highest BCUT2D eigenvalue weighted by Gasteiger charge is 2.30. The molecule has 0 saturated carbocycles. The molecule has 0 bridgehead atoms. The van der Waals surface area contributed by atoms with E-state index in [2.05, 4.69) is 17.2 Å². The Kier molecular flexibility index (Phi) is 4.21. The van der Waals surface area contributed by atoms with E-state index in [-0.39, 0.29) is 0 Å². The monoisotopic (exact) mass is 292 g/mol. The Morgan fingerprint density at radius 1 is 1.05 bits per heavy atom. The van der Waals surface area contributed by atoms with Crippen molar-refractivity contribution >= 4 is 23.1 Å². The highest BCUT2D eigenvalue weighted by molar-refractivity contribution is 5.74. The summed E-state index contributed by atoms with van der Waals surface area (Å²) in [6.45, 7) is 3.72. The predicted octanol–water partition coefficient (Wildman–Crippen LogP) is 5.13. The van der Waals surface area contributed by atoms with Crippen molar-refractivity contribution in [1.82, 2.24) is 0 Å².